The molecule has 1 atom stereocenters. The highest BCUT2D eigenvalue weighted by Gasteiger charge is 2.08. The summed E-state index contributed by atoms with van der Waals surface area (Å²) in [7, 11) is 0. The summed E-state index contributed by atoms with van der Waals surface area (Å²) in [5.41, 5.74) is 1.15. The number of halogens is 2. The Labute approximate surface area is 118 Å². The minimum absolute atomic E-state index is 0.584. The molecule has 0 aliphatic heterocycles. The highest BCUT2D eigenvalue weighted by atomic mass is 79.9. The molecule has 1 nitrogen and oxygen atoms in total. The Morgan fingerprint density at radius 2 is 2.12 bits per heavy atom. The van der Waals surface area contributed by atoms with E-state index in [9.17, 15) is 0 Å². The van der Waals surface area contributed by atoms with Crippen molar-refractivity contribution in [1.29, 1.82) is 0 Å². The van der Waals surface area contributed by atoms with Crippen LogP contribution in [0.4, 0.5) is 0 Å². The van der Waals surface area contributed by atoms with Gasteiger partial charge in [0.15, 0.2) is 0 Å². The van der Waals surface area contributed by atoms with E-state index in [1.54, 1.807) is 0 Å². The molecule has 0 heterocycles. The van der Waals surface area contributed by atoms with Crippen LogP contribution in [0.3, 0.4) is 0 Å². The molecule has 0 bridgehead atoms. The molecule has 1 rings (SSSR count). The molecule has 0 aliphatic carbocycles. The largest absolute Gasteiger partial charge is 0.493 e. The zero-order valence-electron chi connectivity index (χ0n) is 10.5. The van der Waals surface area contributed by atoms with Crippen molar-refractivity contribution in [1.82, 2.24) is 0 Å². The number of hydrogen-bond donors (Lipinski definition) is 0. The van der Waals surface area contributed by atoms with Gasteiger partial charge < -0.3 is 4.74 Å². The number of alkyl halides is 1. The number of hydrogen-bond acceptors (Lipinski definition) is 1. The lowest BCUT2D eigenvalue weighted by Gasteiger charge is -2.15. The zero-order valence-corrected chi connectivity index (χ0v) is 12.9. The van der Waals surface area contributed by atoms with E-state index in [1.807, 2.05) is 18.2 Å². The second-order valence-corrected chi connectivity index (χ2v) is 5.28. The van der Waals surface area contributed by atoms with Crippen LogP contribution in [-0.4, -0.2) is 11.9 Å². The van der Waals surface area contributed by atoms with Gasteiger partial charge in [0, 0.05) is 16.3 Å². The highest BCUT2D eigenvalue weighted by Crippen LogP contribution is 2.23. The maximum Gasteiger partial charge on any atom is 0.119 e. The van der Waals surface area contributed by atoms with Crippen molar-refractivity contribution in [2.45, 2.75) is 33.1 Å². The van der Waals surface area contributed by atoms with Gasteiger partial charge in [0.25, 0.3) is 0 Å². The van der Waals surface area contributed by atoms with Crippen LogP contribution in [0.25, 0.3) is 0 Å². The number of ether oxygens (including phenoxy) is 1. The smallest absolute Gasteiger partial charge is 0.119 e. The van der Waals surface area contributed by atoms with Gasteiger partial charge in [0.05, 0.1) is 6.61 Å². The number of benzene rings is 1. The topological polar surface area (TPSA) is 9.23 Å². The Balaban J connectivity index is 2.56. The first-order valence-electron chi connectivity index (χ1n) is 6.18. The van der Waals surface area contributed by atoms with E-state index in [4.69, 9.17) is 16.3 Å². The summed E-state index contributed by atoms with van der Waals surface area (Å²) in [6.07, 6.45) is 3.33. The lowest BCUT2D eigenvalue weighted by Crippen LogP contribution is -2.13. The molecule has 1 aromatic rings. The predicted molar refractivity (Wildman–Crippen MR) is 78.5 cm³/mol. The Morgan fingerprint density at radius 1 is 1.35 bits per heavy atom. The van der Waals surface area contributed by atoms with Gasteiger partial charge in [0.2, 0.25) is 0 Å². The van der Waals surface area contributed by atoms with Gasteiger partial charge in [-0.25, -0.2) is 0 Å². The highest BCUT2D eigenvalue weighted by molar-refractivity contribution is 9.09. The molecule has 0 aliphatic rings. The summed E-state index contributed by atoms with van der Waals surface area (Å²) >= 11 is 9.60. The van der Waals surface area contributed by atoms with Crippen molar-refractivity contribution in [3.8, 4) is 5.75 Å². The molecule has 0 saturated heterocycles. The van der Waals surface area contributed by atoms with Crippen molar-refractivity contribution in [2.75, 3.05) is 11.9 Å². The standard InChI is InChI=1S/C14H20BrClO/c1-3-5-11(9-15)10-17-13-6-7-14(16)12(4-2)8-13/h6-8,11H,3-5,9-10H2,1-2H3. The lowest BCUT2D eigenvalue weighted by atomic mass is 10.1. The summed E-state index contributed by atoms with van der Waals surface area (Å²) in [4.78, 5) is 0. The average molecular weight is 320 g/mol. The molecule has 1 unspecified atom stereocenters. The molecule has 0 N–H and O–H groups in total. The fourth-order valence-corrected chi connectivity index (χ4v) is 2.50. The van der Waals surface area contributed by atoms with E-state index in [0.717, 1.165) is 34.7 Å². The van der Waals surface area contributed by atoms with Gasteiger partial charge in [-0.05, 0) is 36.6 Å². The van der Waals surface area contributed by atoms with Gasteiger partial charge in [-0.3, -0.25) is 0 Å². The van der Waals surface area contributed by atoms with E-state index in [-0.39, 0.29) is 0 Å². The molecular weight excluding hydrogens is 300 g/mol. The maximum atomic E-state index is 6.07. The van der Waals surface area contributed by atoms with E-state index >= 15 is 0 Å². The Kier molecular flexibility index (Phi) is 6.98. The van der Waals surface area contributed by atoms with Crippen LogP contribution in [-0.2, 0) is 6.42 Å². The monoisotopic (exact) mass is 318 g/mol. The molecule has 0 amide bonds. The fraction of sp³-hybridized carbons (Fsp3) is 0.571. The Bertz CT molecular complexity index is 341. The molecule has 1 aromatic carbocycles. The summed E-state index contributed by atoms with van der Waals surface area (Å²) in [6, 6.07) is 5.90. The molecule has 17 heavy (non-hydrogen) atoms. The summed E-state index contributed by atoms with van der Waals surface area (Å²) in [5.74, 6) is 1.51. The summed E-state index contributed by atoms with van der Waals surface area (Å²) < 4.78 is 5.82. The summed E-state index contributed by atoms with van der Waals surface area (Å²) in [5, 5.41) is 1.82. The van der Waals surface area contributed by atoms with Crippen LogP contribution in [0.5, 0.6) is 5.75 Å². The normalized spacial score (nSPS) is 12.5. The van der Waals surface area contributed by atoms with Crippen molar-refractivity contribution >= 4 is 27.5 Å². The second kappa shape index (κ2) is 7.99. The zero-order chi connectivity index (χ0) is 12.7. The minimum atomic E-state index is 0.584. The van der Waals surface area contributed by atoms with Crippen molar-refractivity contribution in [3.05, 3.63) is 28.8 Å². The van der Waals surface area contributed by atoms with Gasteiger partial charge in [-0.1, -0.05) is 47.8 Å². The van der Waals surface area contributed by atoms with Crippen LogP contribution >= 0.6 is 27.5 Å². The van der Waals surface area contributed by atoms with E-state index in [0.29, 0.717) is 5.92 Å². The molecule has 3 heteroatoms. The van der Waals surface area contributed by atoms with Crippen molar-refractivity contribution < 1.29 is 4.74 Å². The van der Waals surface area contributed by atoms with Crippen LogP contribution in [0.1, 0.15) is 32.3 Å². The van der Waals surface area contributed by atoms with Crippen LogP contribution in [0, 0.1) is 5.92 Å². The SMILES string of the molecule is CCCC(CBr)COc1ccc(Cl)c(CC)c1. The molecule has 0 fully saturated rings. The number of aryl methyl sites for hydroxylation is 1. The third kappa shape index (κ3) is 4.89. The fourth-order valence-electron chi connectivity index (χ4n) is 1.74. The van der Waals surface area contributed by atoms with Crippen LogP contribution in [0.2, 0.25) is 5.02 Å². The van der Waals surface area contributed by atoms with E-state index in [2.05, 4.69) is 29.8 Å². The Hall–Kier alpha value is -0.210. The maximum absolute atomic E-state index is 6.07. The molecule has 96 valence electrons. The minimum Gasteiger partial charge on any atom is -0.493 e. The molecule has 0 saturated carbocycles. The first kappa shape index (κ1) is 14.8. The third-order valence-electron chi connectivity index (χ3n) is 2.80. The predicted octanol–water partition coefficient (Wildman–Crippen LogP) is 5.09. The summed E-state index contributed by atoms with van der Waals surface area (Å²) in [6.45, 7) is 5.07. The first-order valence-corrected chi connectivity index (χ1v) is 7.68. The van der Waals surface area contributed by atoms with Gasteiger partial charge in [-0.15, -0.1) is 0 Å². The van der Waals surface area contributed by atoms with E-state index in [1.165, 1.54) is 12.8 Å². The number of rotatable bonds is 7. The third-order valence-corrected chi connectivity index (χ3v) is 4.08. The Morgan fingerprint density at radius 3 is 2.71 bits per heavy atom. The average Bonchev–Trinajstić information content (AvgIpc) is 2.36. The van der Waals surface area contributed by atoms with Gasteiger partial charge in [-0.2, -0.15) is 0 Å². The van der Waals surface area contributed by atoms with Gasteiger partial charge in [0.1, 0.15) is 5.75 Å². The quantitative estimate of drug-likeness (QED) is 0.636. The molecular formula is C14H20BrClO. The van der Waals surface area contributed by atoms with Crippen LogP contribution in [0.15, 0.2) is 18.2 Å². The second-order valence-electron chi connectivity index (χ2n) is 4.23. The lowest BCUT2D eigenvalue weighted by molar-refractivity contribution is 0.255. The molecule has 0 spiro atoms. The van der Waals surface area contributed by atoms with Crippen molar-refractivity contribution in [2.24, 2.45) is 5.92 Å². The van der Waals surface area contributed by atoms with E-state index < -0.39 is 0 Å². The first-order chi connectivity index (χ1) is 8.21. The molecule has 0 radical (unpaired) electrons. The van der Waals surface area contributed by atoms with Crippen LogP contribution < -0.4 is 4.74 Å². The molecule has 0 aromatic heterocycles. The van der Waals surface area contributed by atoms with Gasteiger partial charge >= 0.3 is 0 Å². The van der Waals surface area contributed by atoms with Crippen molar-refractivity contribution in [3.63, 3.8) is 0 Å².